The van der Waals surface area contributed by atoms with Crippen LogP contribution in [0.15, 0.2) is 97.1 Å². The van der Waals surface area contributed by atoms with Crippen LogP contribution in [0.25, 0.3) is 11.1 Å². The Labute approximate surface area is 310 Å². The lowest BCUT2D eigenvalue weighted by molar-refractivity contribution is -0.154. The molecular weight excluding hydrogens is 705 g/mol. The van der Waals surface area contributed by atoms with Crippen molar-refractivity contribution in [2.45, 2.75) is 32.0 Å². The van der Waals surface area contributed by atoms with E-state index in [-0.39, 0.29) is 36.5 Å². The normalized spacial score (nSPS) is 11.3. The Morgan fingerprint density at radius 2 is 1.33 bits per heavy atom. The molecule has 0 aliphatic rings. The van der Waals surface area contributed by atoms with Gasteiger partial charge in [-0.15, -0.1) is 0 Å². The minimum atomic E-state index is -4.51. The highest BCUT2D eigenvalue weighted by molar-refractivity contribution is 6.12. The van der Waals surface area contributed by atoms with E-state index in [1.807, 2.05) is 0 Å². The van der Waals surface area contributed by atoms with Crippen LogP contribution in [-0.4, -0.2) is 74.9 Å². The number of nitrogens with zero attached hydrogens (tertiary/aromatic N) is 1. The van der Waals surface area contributed by atoms with Crippen molar-refractivity contribution in [2.24, 2.45) is 0 Å². The molecule has 284 valence electrons. The number of hydrogen-bond acceptors (Lipinski definition) is 7. The molecule has 4 aromatic carbocycles. The molecule has 0 aliphatic heterocycles. The standard InChI is InChI=1S/C40H41F3N4O7/c1-5-44-37(51)39(38(52)45-6-2,28-12-8-7-9-13-28)25-53-24-34(48)54-23-26-16-21-33(32(22-26)36(50)47(3)4)46-35(49)31-15-11-10-14-30(31)27-17-19-29(20-18-27)40(41,42)43/h7-22H,5-6,23-25H2,1-4H3,(H,44,51)(H,45,52)(H,46,49). The summed E-state index contributed by atoms with van der Waals surface area (Å²) < 4.78 is 50.4. The number of ether oxygens (including phenoxy) is 2. The molecule has 0 spiro atoms. The average molecular weight is 747 g/mol. The Hall–Kier alpha value is -6.02. The maximum atomic E-state index is 13.5. The van der Waals surface area contributed by atoms with Crippen molar-refractivity contribution in [3.05, 3.63) is 125 Å². The highest BCUT2D eigenvalue weighted by atomic mass is 19.4. The summed E-state index contributed by atoms with van der Waals surface area (Å²) in [5.41, 5.74) is -0.664. The van der Waals surface area contributed by atoms with Gasteiger partial charge in [-0.2, -0.15) is 13.2 Å². The van der Waals surface area contributed by atoms with Crippen molar-refractivity contribution in [1.82, 2.24) is 15.5 Å². The average Bonchev–Trinajstić information content (AvgIpc) is 3.16. The Bertz CT molecular complexity index is 1950. The lowest BCUT2D eigenvalue weighted by Crippen LogP contribution is -2.57. The topological polar surface area (TPSA) is 143 Å². The molecule has 0 saturated heterocycles. The Balaban J connectivity index is 1.49. The molecule has 4 aromatic rings. The SMILES string of the molecule is CCNC(=O)C(COCC(=O)OCc1ccc(NC(=O)c2ccccc2-c2ccc(C(F)(F)F)cc2)c(C(=O)N(C)C)c1)(C(=O)NCC)c1ccccc1. The molecule has 0 radical (unpaired) electrons. The molecule has 0 unspecified atom stereocenters. The molecule has 11 nitrogen and oxygen atoms in total. The fraction of sp³-hybridized carbons (Fsp3) is 0.275. The number of nitrogens with one attached hydrogen (secondary N) is 3. The van der Waals surface area contributed by atoms with Crippen LogP contribution in [0.5, 0.6) is 0 Å². The van der Waals surface area contributed by atoms with Crippen molar-refractivity contribution in [3.63, 3.8) is 0 Å². The number of benzene rings is 4. The first-order valence-corrected chi connectivity index (χ1v) is 17.0. The first-order valence-electron chi connectivity index (χ1n) is 17.0. The molecule has 14 heteroatoms. The molecule has 54 heavy (non-hydrogen) atoms. The zero-order chi connectivity index (χ0) is 39.5. The first-order chi connectivity index (χ1) is 25.7. The van der Waals surface area contributed by atoms with Crippen LogP contribution in [0.2, 0.25) is 0 Å². The summed E-state index contributed by atoms with van der Waals surface area (Å²) in [5.74, 6) is -3.07. The number of carbonyl (C=O) groups is 5. The zero-order valence-corrected chi connectivity index (χ0v) is 30.2. The lowest BCUT2D eigenvalue weighted by Gasteiger charge is -2.31. The van der Waals surface area contributed by atoms with Gasteiger partial charge in [0.05, 0.1) is 23.4 Å². The van der Waals surface area contributed by atoms with Crippen molar-refractivity contribution >= 4 is 35.3 Å². The summed E-state index contributed by atoms with van der Waals surface area (Å²) in [5, 5.41) is 8.10. The van der Waals surface area contributed by atoms with Gasteiger partial charge in [-0.1, -0.05) is 66.7 Å². The van der Waals surface area contributed by atoms with Crippen LogP contribution in [0.4, 0.5) is 18.9 Å². The monoisotopic (exact) mass is 746 g/mol. The van der Waals surface area contributed by atoms with Crippen LogP contribution >= 0.6 is 0 Å². The first kappa shape index (κ1) is 40.7. The van der Waals surface area contributed by atoms with Crippen LogP contribution in [-0.2, 0) is 42.1 Å². The van der Waals surface area contributed by atoms with Crippen molar-refractivity contribution in [3.8, 4) is 11.1 Å². The van der Waals surface area contributed by atoms with E-state index in [4.69, 9.17) is 9.47 Å². The second kappa shape index (κ2) is 18.1. The predicted octanol–water partition coefficient (Wildman–Crippen LogP) is 5.60. The fourth-order valence-corrected chi connectivity index (χ4v) is 5.59. The highest BCUT2D eigenvalue weighted by Crippen LogP contribution is 2.32. The van der Waals surface area contributed by atoms with Gasteiger partial charge in [0.1, 0.15) is 13.2 Å². The second-order valence-corrected chi connectivity index (χ2v) is 12.3. The van der Waals surface area contributed by atoms with Gasteiger partial charge >= 0.3 is 12.1 Å². The molecule has 0 bridgehead atoms. The van der Waals surface area contributed by atoms with E-state index in [2.05, 4.69) is 16.0 Å². The molecule has 0 aromatic heterocycles. The number of likely N-dealkylation sites (N-methyl/N-ethyl adjacent to an activating group) is 2. The smallest absolute Gasteiger partial charge is 0.416 e. The van der Waals surface area contributed by atoms with Gasteiger partial charge in [-0.25, -0.2) is 4.79 Å². The molecule has 0 fully saturated rings. The van der Waals surface area contributed by atoms with Crippen LogP contribution in [0.1, 0.15) is 51.3 Å². The number of esters is 1. The highest BCUT2D eigenvalue weighted by Gasteiger charge is 2.47. The van der Waals surface area contributed by atoms with Crippen molar-refractivity contribution < 1.29 is 46.6 Å². The van der Waals surface area contributed by atoms with Crippen LogP contribution < -0.4 is 16.0 Å². The molecule has 4 rings (SSSR count). The number of amides is 4. The van der Waals surface area contributed by atoms with E-state index in [9.17, 15) is 37.1 Å². The van der Waals surface area contributed by atoms with E-state index >= 15 is 0 Å². The Morgan fingerprint density at radius 1 is 0.722 bits per heavy atom. The van der Waals surface area contributed by atoms with Gasteiger partial charge in [0.2, 0.25) is 11.8 Å². The molecule has 0 atom stereocenters. The van der Waals surface area contributed by atoms with E-state index in [0.29, 0.717) is 22.3 Å². The van der Waals surface area contributed by atoms with E-state index in [1.165, 1.54) is 49.3 Å². The Kier molecular flexibility index (Phi) is 13.7. The van der Waals surface area contributed by atoms with Gasteiger partial charge in [0.25, 0.3) is 11.8 Å². The summed E-state index contributed by atoms with van der Waals surface area (Å²) in [6, 6.07) is 23.7. The maximum Gasteiger partial charge on any atom is 0.416 e. The van der Waals surface area contributed by atoms with Gasteiger partial charge in [-0.05, 0) is 66.4 Å². The summed E-state index contributed by atoms with van der Waals surface area (Å²) >= 11 is 0. The van der Waals surface area contributed by atoms with E-state index < -0.39 is 60.0 Å². The number of carbonyl (C=O) groups excluding carboxylic acids is 5. The number of rotatable bonds is 15. The summed E-state index contributed by atoms with van der Waals surface area (Å²) in [4.78, 5) is 67.6. The zero-order valence-electron chi connectivity index (χ0n) is 30.2. The summed E-state index contributed by atoms with van der Waals surface area (Å²) in [7, 11) is 3.05. The third kappa shape index (κ3) is 9.69. The van der Waals surface area contributed by atoms with Crippen LogP contribution in [0, 0.1) is 0 Å². The van der Waals surface area contributed by atoms with Crippen molar-refractivity contribution in [2.75, 3.05) is 45.7 Å². The van der Waals surface area contributed by atoms with Gasteiger partial charge in [-0.3, -0.25) is 19.2 Å². The third-order valence-electron chi connectivity index (χ3n) is 8.32. The van der Waals surface area contributed by atoms with E-state index in [1.54, 1.807) is 68.4 Å². The molecule has 0 saturated carbocycles. The minimum absolute atomic E-state index is 0.0849. The number of halogens is 3. The number of alkyl halides is 3. The number of hydrogen-bond donors (Lipinski definition) is 3. The lowest BCUT2D eigenvalue weighted by atomic mass is 9.79. The fourth-order valence-electron chi connectivity index (χ4n) is 5.59. The van der Waals surface area contributed by atoms with Gasteiger partial charge < -0.3 is 30.3 Å². The quantitative estimate of drug-likeness (QED) is 0.106. The summed E-state index contributed by atoms with van der Waals surface area (Å²) in [6.07, 6.45) is -4.51. The second-order valence-electron chi connectivity index (χ2n) is 12.3. The molecule has 3 N–H and O–H groups in total. The van der Waals surface area contributed by atoms with Crippen LogP contribution in [0.3, 0.4) is 0 Å². The minimum Gasteiger partial charge on any atom is -0.459 e. The molecular formula is C40H41F3N4O7. The number of anilines is 1. The molecule has 0 aliphatic carbocycles. The third-order valence-corrected chi connectivity index (χ3v) is 8.32. The summed E-state index contributed by atoms with van der Waals surface area (Å²) in [6.45, 7) is 2.61. The van der Waals surface area contributed by atoms with Crippen molar-refractivity contribution in [1.29, 1.82) is 0 Å². The Morgan fingerprint density at radius 3 is 1.93 bits per heavy atom. The maximum absolute atomic E-state index is 13.5. The molecule has 4 amide bonds. The molecule has 0 heterocycles. The largest absolute Gasteiger partial charge is 0.459 e. The predicted molar refractivity (Wildman–Crippen MR) is 195 cm³/mol. The van der Waals surface area contributed by atoms with Gasteiger partial charge in [0.15, 0.2) is 5.41 Å². The van der Waals surface area contributed by atoms with E-state index in [0.717, 1.165) is 12.1 Å². The van der Waals surface area contributed by atoms with Gasteiger partial charge in [0, 0.05) is 32.7 Å².